The maximum absolute atomic E-state index is 12.6. The molecule has 0 aromatic carbocycles. The molecule has 0 aliphatic heterocycles. The van der Waals surface area contributed by atoms with Crippen molar-refractivity contribution in [2.45, 2.75) is 100 Å². The monoisotopic (exact) mass is 326 g/mol. The van der Waals surface area contributed by atoms with Crippen LogP contribution in [0.4, 0.5) is 0 Å². The molecule has 2 aliphatic carbocycles. The molecule has 0 aromatic rings. The number of hydrogen-bond acceptors (Lipinski definition) is 2. The minimum absolute atomic E-state index is 0.0882. The standard InChI is InChI=1S/C17H30O2.2C2H6/c1-11-7-5-8-12(2)15(11)17(18)19-16-13(3)9-6-10-14(16)4;2*1-2/h11-16H,5-10H2,1-4H3;2*1-2H3. The topological polar surface area (TPSA) is 26.3 Å². The number of carbonyl (C=O) groups excluding carboxylic acids is 1. The molecule has 2 aliphatic rings. The first kappa shape index (κ1) is 22.5. The van der Waals surface area contributed by atoms with Crippen LogP contribution in [-0.2, 0) is 9.53 Å². The van der Waals surface area contributed by atoms with Crippen molar-refractivity contribution in [2.24, 2.45) is 29.6 Å². The number of carbonyl (C=O) groups is 1. The molecule has 0 heterocycles. The minimum atomic E-state index is 0.0882. The van der Waals surface area contributed by atoms with Gasteiger partial charge < -0.3 is 4.74 Å². The fraction of sp³-hybridized carbons (Fsp3) is 0.952. The Morgan fingerprint density at radius 2 is 1.04 bits per heavy atom. The van der Waals surface area contributed by atoms with Crippen molar-refractivity contribution in [1.29, 1.82) is 0 Å². The Balaban J connectivity index is 0.00000112. The van der Waals surface area contributed by atoms with E-state index >= 15 is 0 Å². The maximum Gasteiger partial charge on any atom is 0.309 e. The Labute approximate surface area is 145 Å². The average molecular weight is 327 g/mol. The lowest BCUT2D eigenvalue weighted by Gasteiger charge is -2.38. The van der Waals surface area contributed by atoms with E-state index in [4.69, 9.17) is 4.74 Å². The third-order valence-corrected chi connectivity index (χ3v) is 5.51. The summed E-state index contributed by atoms with van der Waals surface area (Å²) in [5, 5.41) is 0. The lowest BCUT2D eigenvalue weighted by atomic mass is 9.73. The van der Waals surface area contributed by atoms with Crippen molar-refractivity contribution < 1.29 is 9.53 Å². The molecule has 0 amide bonds. The SMILES string of the molecule is CC.CC.CC1CCCC(C)C1OC(=O)C1C(C)CCCC1C. The fourth-order valence-corrected chi connectivity index (χ4v) is 4.24. The summed E-state index contributed by atoms with van der Waals surface area (Å²) in [7, 11) is 0. The van der Waals surface area contributed by atoms with Crippen LogP contribution in [0.2, 0.25) is 0 Å². The van der Waals surface area contributed by atoms with Gasteiger partial charge in [0.15, 0.2) is 0 Å². The molecule has 4 unspecified atom stereocenters. The first-order valence-electron chi connectivity index (χ1n) is 10.2. The van der Waals surface area contributed by atoms with E-state index in [9.17, 15) is 4.79 Å². The zero-order chi connectivity index (χ0) is 18.0. The van der Waals surface area contributed by atoms with Crippen LogP contribution in [0.3, 0.4) is 0 Å². The summed E-state index contributed by atoms with van der Waals surface area (Å²) in [6.07, 6.45) is 7.48. The summed E-state index contributed by atoms with van der Waals surface area (Å²) < 4.78 is 5.96. The Morgan fingerprint density at radius 1 is 0.696 bits per heavy atom. The highest BCUT2D eigenvalue weighted by molar-refractivity contribution is 5.73. The van der Waals surface area contributed by atoms with E-state index in [1.54, 1.807) is 0 Å². The van der Waals surface area contributed by atoms with Gasteiger partial charge in [-0.05, 0) is 49.4 Å². The molecule has 2 heteroatoms. The van der Waals surface area contributed by atoms with Gasteiger partial charge in [-0.15, -0.1) is 0 Å². The molecule has 0 radical (unpaired) electrons. The quantitative estimate of drug-likeness (QED) is 0.543. The van der Waals surface area contributed by atoms with Gasteiger partial charge in [-0.25, -0.2) is 0 Å². The molecule has 0 N–H and O–H groups in total. The average Bonchev–Trinajstić information content (AvgIpc) is 2.55. The van der Waals surface area contributed by atoms with Crippen molar-refractivity contribution in [3.05, 3.63) is 0 Å². The Bertz CT molecular complexity index is 293. The molecule has 2 nitrogen and oxygen atoms in total. The van der Waals surface area contributed by atoms with Gasteiger partial charge in [0.25, 0.3) is 0 Å². The molecule has 0 spiro atoms. The highest BCUT2D eigenvalue weighted by atomic mass is 16.5. The summed E-state index contributed by atoms with van der Waals surface area (Å²) in [4.78, 5) is 12.6. The number of esters is 1. The van der Waals surface area contributed by atoms with Crippen molar-refractivity contribution in [3.63, 3.8) is 0 Å². The van der Waals surface area contributed by atoms with Crippen LogP contribution in [0.15, 0.2) is 0 Å². The molecule has 23 heavy (non-hydrogen) atoms. The predicted molar refractivity (Wildman–Crippen MR) is 100 cm³/mol. The zero-order valence-corrected chi connectivity index (χ0v) is 17.0. The molecule has 2 saturated carbocycles. The van der Waals surface area contributed by atoms with Crippen molar-refractivity contribution in [1.82, 2.24) is 0 Å². The van der Waals surface area contributed by atoms with Crippen LogP contribution in [-0.4, -0.2) is 12.1 Å². The van der Waals surface area contributed by atoms with Crippen LogP contribution in [0.5, 0.6) is 0 Å². The normalized spacial score (nSPS) is 36.7. The van der Waals surface area contributed by atoms with Crippen molar-refractivity contribution in [3.8, 4) is 0 Å². The summed E-state index contributed by atoms with van der Waals surface area (Å²) in [6.45, 7) is 16.9. The smallest absolute Gasteiger partial charge is 0.309 e. The number of hydrogen-bond donors (Lipinski definition) is 0. The van der Waals surface area contributed by atoms with E-state index in [-0.39, 0.29) is 18.0 Å². The summed E-state index contributed by atoms with van der Waals surface area (Å²) >= 11 is 0. The molecule has 138 valence electrons. The number of rotatable bonds is 2. The van der Waals surface area contributed by atoms with Crippen molar-refractivity contribution >= 4 is 5.97 Å². The third-order valence-electron chi connectivity index (χ3n) is 5.51. The third kappa shape index (κ3) is 6.47. The molecule has 4 atom stereocenters. The molecule has 0 aromatic heterocycles. The number of ether oxygens (including phenoxy) is 1. The van der Waals surface area contributed by atoms with Gasteiger partial charge in [0, 0.05) is 0 Å². The summed E-state index contributed by atoms with van der Waals surface area (Å²) in [5.74, 6) is 2.26. The summed E-state index contributed by atoms with van der Waals surface area (Å²) in [6, 6.07) is 0. The van der Waals surface area contributed by atoms with Crippen LogP contribution >= 0.6 is 0 Å². The van der Waals surface area contributed by atoms with E-state index in [1.165, 1.54) is 38.5 Å². The summed E-state index contributed by atoms with van der Waals surface area (Å²) in [5.41, 5.74) is 0. The van der Waals surface area contributed by atoms with E-state index in [1.807, 2.05) is 27.7 Å². The van der Waals surface area contributed by atoms with E-state index < -0.39 is 0 Å². The maximum atomic E-state index is 12.6. The van der Waals surface area contributed by atoms with Gasteiger partial charge in [-0.1, -0.05) is 68.2 Å². The van der Waals surface area contributed by atoms with E-state index in [2.05, 4.69) is 27.7 Å². The molecule has 2 fully saturated rings. The molecule has 2 rings (SSSR count). The minimum Gasteiger partial charge on any atom is -0.462 e. The van der Waals surface area contributed by atoms with Gasteiger partial charge in [0.2, 0.25) is 0 Å². The highest BCUT2D eigenvalue weighted by Crippen LogP contribution is 2.37. The lowest BCUT2D eigenvalue weighted by Crippen LogP contribution is -2.40. The zero-order valence-electron chi connectivity index (χ0n) is 17.0. The molecular formula is C21H42O2. The second-order valence-electron chi connectivity index (χ2n) is 7.20. The Kier molecular flexibility index (Phi) is 11.6. The van der Waals surface area contributed by atoms with Crippen molar-refractivity contribution in [2.75, 3.05) is 0 Å². The second-order valence-corrected chi connectivity index (χ2v) is 7.20. The predicted octanol–water partition coefficient (Wildman–Crippen LogP) is 6.48. The Hall–Kier alpha value is -0.530. The van der Waals surface area contributed by atoms with Gasteiger partial charge in [0.1, 0.15) is 6.10 Å². The van der Waals surface area contributed by atoms with Crippen LogP contribution in [0.25, 0.3) is 0 Å². The first-order valence-corrected chi connectivity index (χ1v) is 10.2. The van der Waals surface area contributed by atoms with Gasteiger partial charge in [-0.3, -0.25) is 4.79 Å². The molecule has 0 saturated heterocycles. The van der Waals surface area contributed by atoms with Gasteiger partial charge in [0.05, 0.1) is 5.92 Å². The van der Waals surface area contributed by atoms with Crippen LogP contribution in [0, 0.1) is 29.6 Å². The van der Waals surface area contributed by atoms with Gasteiger partial charge >= 0.3 is 5.97 Å². The lowest BCUT2D eigenvalue weighted by molar-refractivity contribution is -0.167. The highest BCUT2D eigenvalue weighted by Gasteiger charge is 2.38. The largest absolute Gasteiger partial charge is 0.462 e. The van der Waals surface area contributed by atoms with E-state index in [0.717, 1.165) is 0 Å². The van der Waals surface area contributed by atoms with E-state index in [0.29, 0.717) is 23.7 Å². The first-order chi connectivity index (χ1) is 11.0. The Morgan fingerprint density at radius 3 is 1.43 bits per heavy atom. The molecule has 0 bridgehead atoms. The second kappa shape index (κ2) is 11.9. The van der Waals surface area contributed by atoms with Crippen LogP contribution in [0.1, 0.15) is 93.9 Å². The van der Waals surface area contributed by atoms with Crippen LogP contribution < -0.4 is 0 Å². The van der Waals surface area contributed by atoms with Gasteiger partial charge in [-0.2, -0.15) is 0 Å². The molecular weight excluding hydrogens is 284 g/mol. The fourth-order valence-electron chi connectivity index (χ4n) is 4.24.